The standard InChI is InChI=1S/C49H95NO4/c1-5-9-21-33-46(34-22-10-6-2)43-48(51)53-41-29-19-15-13-17-25-31-45(37-40-50-38-27-28-39-50)32-26-18-14-16-20-30-42-54-49(52)44-47(35-23-11-7-3)36-24-12-8-4/h45-47H,5-44H2,1-4H3. The third-order valence-electron chi connectivity index (χ3n) is 12.4. The largest absolute Gasteiger partial charge is 0.466 e. The molecule has 0 N–H and O–H groups in total. The van der Waals surface area contributed by atoms with Crippen molar-refractivity contribution in [2.45, 2.75) is 252 Å². The lowest BCUT2D eigenvalue weighted by Crippen LogP contribution is -2.22. The van der Waals surface area contributed by atoms with E-state index in [2.05, 4.69) is 32.6 Å². The molecule has 0 atom stereocenters. The first-order valence-corrected chi connectivity index (χ1v) is 24.6. The van der Waals surface area contributed by atoms with Crippen molar-refractivity contribution in [2.24, 2.45) is 17.8 Å². The molecule has 0 aromatic rings. The van der Waals surface area contributed by atoms with E-state index in [9.17, 15) is 9.59 Å². The quantitative estimate of drug-likeness (QED) is 0.0459. The highest BCUT2D eigenvalue weighted by Crippen LogP contribution is 2.25. The van der Waals surface area contributed by atoms with Crippen molar-refractivity contribution in [3.8, 4) is 0 Å². The van der Waals surface area contributed by atoms with E-state index in [1.807, 2.05) is 0 Å². The molecular formula is C49H95NO4. The molecule has 5 nitrogen and oxygen atoms in total. The van der Waals surface area contributed by atoms with Crippen LogP contribution < -0.4 is 0 Å². The van der Waals surface area contributed by atoms with Gasteiger partial charge < -0.3 is 14.4 Å². The summed E-state index contributed by atoms with van der Waals surface area (Å²) in [6, 6.07) is 0. The van der Waals surface area contributed by atoms with Crippen LogP contribution in [0.1, 0.15) is 252 Å². The number of ether oxygens (including phenoxy) is 2. The number of unbranched alkanes of at least 4 members (excludes halogenated alkanes) is 18. The van der Waals surface area contributed by atoms with Crippen molar-refractivity contribution in [1.82, 2.24) is 4.90 Å². The Morgan fingerprint density at radius 3 is 1.09 bits per heavy atom. The van der Waals surface area contributed by atoms with Crippen molar-refractivity contribution in [1.29, 1.82) is 0 Å². The Balaban J connectivity index is 2.17. The lowest BCUT2D eigenvalue weighted by atomic mass is 9.91. The maximum absolute atomic E-state index is 12.5. The number of nitrogens with zero attached hydrogens (tertiary/aromatic N) is 1. The van der Waals surface area contributed by atoms with Crippen molar-refractivity contribution < 1.29 is 19.1 Å². The second kappa shape index (κ2) is 38.8. The highest BCUT2D eigenvalue weighted by atomic mass is 16.5. The van der Waals surface area contributed by atoms with Crippen molar-refractivity contribution >= 4 is 11.9 Å². The maximum atomic E-state index is 12.5. The number of hydrogen-bond donors (Lipinski definition) is 0. The highest BCUT2D eigenvalue weighted by Gasteiger charge is 2.17. The van der Waals surface area contributed by atoms with E-state index < -0.39 is 0 Å². The topological polar surface area (TPSA) is 55.8 Å². The van der Waals surface area contributed by atoms with Gasteiger partial charge in [-0.2, -0.15) is 0 Å². The average Bonchev–Trinajstić information content (AvgIpc) is 3.69. The molecule has 0 saturated carbocycles. The SMILES string of the molecule is CCCCCC(CCCCC)CC(=O)OCCCCCCCCC(CCCCCCCCOC(=O)CC(CCCCC)CCCCC)CCN1CCCC1. The van der Waals surface area contributed by atoms with E-state index in [1.54, 1.807) is 0 Å². The first-order chi connectivity index (χ1) is 26.5. The lowest BCUT2D eigenvalue weighted by Gasteiger charge is -2.21. The number of carbonyl (C=O) groups excluding carboxylic acids is 2. The smallest absolute Gasteiger partial charge is 0.306 e. The zero-order valence-corrected chi connectivity index (χ0v) is 37.1. The highest BCUT2D eigenvalue weighted by molar-refractivity contribution is 5.70. The minimum Gasteiger partial charge on any atom is -0.466 e. The average molecular weight is 762 g/mol. The van der Waals surface area contributed by atoms with Gasteiger partial charge in [0.2, 0.25) is 0 Å². The molecule has 0 unspecified atom stereocenters. The molecule has 1 aliphatic rings. The Morgan fingerprint density at radius 1 is 0.407 bits per heavy atom. The van der Waals surface area contributed by atoms with Gasteiger partial charge in [0, 0.05) is 12.8 Å². The van der Waals surface area contributed by atoms with Crippen LogP contribution in [0.15, 0.2) is 0 Å². The van der Waals surface area contributed by atoms with E-state index in [4.69, 9.17) is 9.47 Å². The molecule has 320 valence electrons. The summed E-state index contributed by atoms with van der Waals surface area (Å²) in [7, 11) is 0. The van der Waals surface area contributed by atoms with Gasteiger partial charge in [0.15, 0.2) is 0 Å². The van der Waals surface area contributed by atoms with E-state index in [-0.39, 0.29) is 11.9 Å². The van der Waals surface area contributed by atoms with Gasteiger partial charge in [-0.05, 0) is 95.2 Å². The van der Waals surface area contributed by atoms with Crippen LogP contribution in [0.4, 0.5) is 0 Å². The fourth-order valence-corrected chi connectivity index (χ4v) is 8.68. The molecule has 0 aromatic carbocycles. The molecule has 0 spiro atoms. The summed E-state index contributed by atoms with van der Waals surface area (Å²) in [6.45, 7) is 14.2. The normalized spacial score (nSPS) is 13.5. The van der Waals surface area contributed by atoms with Crippen LogP contribution >= 0.6 is 0 Å². The summed E-state index contributed by atoms with van der Waals surface area (Å²) < 4.78 is 11.4. The fraction of sp³-hybridized carbons (Fsp3) is 0.959. The summed E-state index contributed by atoms with van der Waals surface area (Å²) >= 11 is 0. The Morgan fingerprint density at radius 2 is 0.722 bits per heavy atom. The van der Waals surface area contributed by atoms with Gasteiger partial charge in [0.05, 0.1) is 13.2 Å². The van der Waals surface area contributed by atoms with Crippen LogP contribution in [-0.4, -0.2) is 49.7 Å². The summed E-state index contributed by atoms with van der Waals surface area (Å²) in [4.78, 5) is 27.7. The molecule has 5 heteroatoms. The van der Waals surface area contributed by atoms with Gasteiger partial charge in [-0.3, -0.25) is 9.59 Å². The molecule has 0 aromatic heterocycles. The van der Waals surface area contributed by atoms with Crippen LogP contribution in [0.3, 0.4) is 0 Å². The first kappa shape index (κ1) is 50.9. The third kappa shape index (κ3) is 32.0. The Bertz CT molecular complexity index is 736. The molecule has 1 fully saturated rings. The molecular weight excluding hydrogens is 667 g/mol. The van der Waals surface area contributed by atoms with Crippen molar-refractivity contribution in [2.75, 3.05) is 32.8 Å². The van der Waals surface area contributed by atoms with Gasteiger partial charge in [0.1, 0.15) is 0 Å². The Kier molecular flexibility index (Phi) is 36.5. The number of rotatable bonds is 41. The fourth-order valence-electron chi connectivity index (χ4n) is 8.68. The predicted octanol–water partition coefficient (Wildman–Crippen LogP) is 15.0. The van der Waals surface area contributed by atoms with Gasteiger partial charge in [-0.25, -0.2) is 0 Å². The number of hydrogen-bond acceptors (Lipinski definition) is 5. The van der Waals surface area contributed by atoms with Crippen LogP contribution in [0, 0.1) is 17.8 Å². The molecule has 1 rings (SSSR count). The molecule has 1 aliphatic heterocycles. The van der Waals surface area contributed by atoms with Gasteiger partial charge in [0.25, 0.3) is 0 Å². The lowest BCUT2D eigenvalue weighted by molar-refractivity contribution is -0.146. The minimum absolute atomic E-state index is 0.0420. The molecule has 0 bridgehead atoms. The van der Waals surface area contributed by atoms with E-state index in [0.29, 0.717) is 37.9 Å². The first-order valence-electron chi connectivity index (χ1n) is 24.6. The molecule has 1 heterocycles. The van der Waals surface area contributed by atoms with E-state index in [0.717, 1.165) is 18.8 Å². The second-order valence-corrected chi connectivity index (χ2v) is 17.6. The second-order valence-electron chi connectivity index (χ2n) is 17.6. The van der Waals surface area contributed by atoms with Gasteiger partial charge in [-0.1, -0.05) is 182 Å². The summed E-state index contributed by atoms with van der Waals surface area (Å²) in [6.07, 6.45) is 43.1. The maximum Gasteiger partial charge on any atom is 0.306 e. The molecule has 0 radical (unpaired) electrons. The molecule has 0 aliphatic carbocycles. The van der Waals surface area contributed by atoms with Gasteiger partial charge >= 0.3 is 11.9 Å². The monoisotopic (exact) mass is 762 g/mol. The van der Waals surface area contributed by atoms with Crippen LogP contribution in [0.25, 0.3) is 0 Å². The number of likely N-dealkylation sites (tertiary alicyclic amines) is 1. The van der Waals surface area contributed by atoms with Crippen molar-refractivity contribution in [3.63, 3.8) is 0 Å². The molecule has 0 amide bonds. The summed E-state index contributed by atoms with van der Waals surface area (Å²) in [5.74, 6) is 2.00. The Labute approximate surface area is 338 Å². The molecule has 1 saturated heterocycles. The number of carbonyl (C=O) groups is 2. The van der Waals surface area contributed by atoms with Crippen LogP contribution in [0.5, 0.6) is 0 Å². The summed E-state index contributed by atoms with van der Waals surface area (Å²) in [5, 5.41) is 0. The summed E-state index contributed by atoms with van der Waals surface area (Å²) in [5.41, 5.74) is 0. The van der Waals surface area contributed by atoms with Crippen molar-refractivity contribution in [3.05, 3.63) is 0 Å². The number of esters is 2. The van der Waals surface area contributed by atoms with Crippen LogP contribution in [0.2, 0.25) is 0 Å². The van der Waals surface area contributed by atoms with E-state index >= 15 is 0 Å². The zero-order chi connectivity index (χ0) is 39.2. The van der Waals surface area contributed by atoms with E-state index in [1.165, 1.54) is 219 Å². The zero-order valence-electron chi connectivity index (χ0n) is 37.1. The third-order valence-corrected chi connectivity index (χ3v) is 12.4. The van der Waals surface area contributed by atoms with Gasteiger partial charge in [-0.15, -0.1) is 0 Å². The Hall–Kier alpha value is -1.10. The van der Waals surface area contributed by atoms with Crippen LogP contribution in [-0.2, 0) is 19.1 Å². The molecule has 54 heavy (non-hydrogen) atoms. The minimum atomic E-state index is 0.0420. The predicted molar refractivity (Wildman–Crippen MR) is 233 cm³/mol.